The highest BCUT2D eigenvalue weighted by Gasteiger charge is 2.33. The molecule has 1 unspecified atom stereocenters. The number of thiazole rings is 1. The van der Waals surface area contributed by atoms with Crippen LogP contribution in [0.2, 0.25) is 0 Å². The van der Waals surface area contributed by atoms with Gasteiger partial charge in [0.05, 0.1) is 11.1 Å². The van der Waals surface area contributed by atoms with E-state index in [0.717, 1.165) is 19.0 Å². The lowest BCUT2D eigenvalue weighted by molar-refractivity contribution is 0.572. The maximum atomic E-state index is 13.8. The van der Waals surface area contributed by atoms with Gasteiger partial charge in [0.1, 0.15) is 10.8 Å². The lowest BCUT2D eigenvalue weighted by atomic mass is 10.2. The second kappa shape index (κ2) is 4.59. The molecule has 2 nitrogen and oxygen atoms in total. The van der Waals surface area contributed by atoms with E-state index in [0.29, 0.717) is 21.4 Å². The molecule has 0 saturated heterocycles. The van der Waals surface area contributed by atoms with E-state index in [4.69, 9.17) is 0 Å². The van der Waals surface area contributed by atoms with Gasteiger partial charge in [-0.2, -0.15) is 17.0 Å². The number of hydrogen-bond donors (Lipinski definition) is 1. The van der Waals surface area contributed by atoms with Crippen molar-refractivity contribution in [1.82, 2.24) is 9.97 Å². The number of halogens is 2. The molecule has 2 aromatic heterocycles. The summed E-state index contributed by atoms with van der Waals surface area (Å²) >= 11 is 5.66. The SMILES string of the molecule is Fc1cncc(-c2nc(F)c(C(S)C3CC3)s2)c1. The van der Waals surface area contributed by atoms with Crippen LogP contribution >= 0.6 is 24.0 Å². The highest BCUT2D eigenvalue weighted by Crippen LogP contribution is 2.47. The first-order valence-electron chi connectivity index (χ1n) is 5.60. The van der Waals surface area contributed by atoms with E-state index >= 15 is 0 Å². The van der Waals surface area contributed by atoms with Crippen molar-refractivity contribution in [1.29, 1.82) is 0 Å². The van der Waals surface area contributed by atoms with Gasteiger partial charge in [-0.05, 0) is 24.8 Å². The third kappa shape index (κ3) is 2.27. The van der Waals surface area contributed by atoms with Crippen molar-refractivity contribution in [2.24, 2.45) is 5.92 Å². The fourth-order valence-electron chi connectivity index (χ4n) is 1.77. The first-order chi connectivity index (χ1) is 8.65. The number of rotatable bonds is 3. The van der Waals surface area contributed by atoms with Gasteiger partial charge in [-0.25, -0.2) is 9.37 Å². The molecule has 0 N–H and O–H groups in total. The third-order valence-corrected chi connectivity index (χ3v) is 4.92. The molecule has 2 heterocycles. The predicted molar refractivity (Wildman–Crippen MR) is 69.7 cm³/mol. The van der Waals surface area contributed by atoms with Crippen LogP contribution in [0.15, 0.2) is 18.5 Å². The average molecular weight is 284 g/mol. The molecule has 94 valence electrons. The lowest BCUT2D eigenvalue weighted by Gasteiger charge is -2.04. The zero-order valence-corrected chi connectivity index (χ0v) is 11.0. The summed E-state index contributed by atoms with van der Waals surface area (Å²) < 4.78 is 26.8. The zero-order chi connectivity index (χ0) is 12.7. The second-order valence-corrected chi connectivity index (χ2v) is 5.94. The molecule has 2 aromatic rings. The molecule has 3 rings (SSSR count). The van der Waals surface area contributed by atoms with E-state index in [1.54, 1.807) is 0 Å². The van der Waals surface area contributed by atoms with Crippen LogP contribution in [0.4, 0.5) is 8.78 Å². The van der Waals surface area contributed by atoms with Crippen molar-refractivity contribution in [2.75, 3.05) is 0 Å². The molecule has 6 heteroatoms. The van der Waals surface area contributed by atoms with Gasteiger partial charge >= 0.3 is 0 Å². The Morgan fingerprint density at radius 1 is 1.33 bits per heavy atom. The maximum absolute atomic E-state index is 13.8. The molecule has 1 saturated carbocycles. The van der Waals surface area contributed by atoms with Crippen LogP contribution < -0.4 is 0 Å². The first-order valence-corrected chi connectivity index (χ1v) is 6.93. The fourth-order valence-corrected chi connectivity index (χ4v) is 3.34. The van der Waals surface area contributed by atoms with Crippen LogP contribution in [0.1, 0.15) is 23.0 Å². The average Bonchev–Trinajstić information content (AvgIpc) is 3.12. The summed E-state index contributed by atoms with van der Waals surface area (Å²) in [5.41, 5.74) is 0.501. The van der Waals surface area contributed by atoms with E-state index in [-0.39, 0.29) is 5.25 Å². The monoisotopic (exact) mass is 284 g/mol. The van der Waals surface area contributed by atoms with Crippen LogP contribution in [-0.4, -0.2) is 9.97 Å². The summed E-state index contributed by atoms with van der Waals surface area (Å²) in [6.07, 6.45) is 4.76. The highest BCUT2D eigenvalue weighted by atomic mass is 32.1. The molecule has 1 aliphatic rings. The largest absolute Gasteiger partial charge is 0.261 e. The summed E-state index contributed by atoms with van der Waals surface area (Å²) in [5, 5.41) is 0.354. The molecule has 1 atom stereocenters. The Bertz CT molecular complexity index is 581. The minimum atomic E-state index is -0.494. The molecule has 1 aliphatic carbocycles. The van der Waals surface area contributed by atoms with Crippen LogP contribution in [0, 0.1) is 17.7 Å². The molecule has 0 aliphatic heterocycles. The van der Waals surface area contributed by atoms with Gasteiger partial charge in [-0.3, -0.25) is 4.98 Å². The Balaban J connectivity index is 1.96. The predicted octanol–water partition coefficient (Wildman–Crippen LogP) is 3.86. The van der Waals surface area contributed by atoms with E-state index < -0.39 is 11.8 Å². The maximum Gasteiger partial charge on any atom is 0.228 e. The van der Waals surface area contributed by atoms with E-state index in [2.05, 4.69) is 22.6 Å². The van der Waals surface area contributed by atoms with Crippen molar-refractivity contribution < 1.29 is 8.78 Å². The third-order valence-electron chi connectivity index (χ3n) is 2.90. The van der Waals surface area contributed by atoms with Crippen LogP contribution in [0.5, 0.6) is 0 Å². The van der Waals surface area contributed by atoms with Gasteiger partial charge in [-0.15, -0.1) is 11.3 Å². The smallest absolute Gasteiger partial charge is 0.228 e. The zero-order valence-electron chi connectivity index (χ0n) is 9.31. The fraction of sp³-hybridized carbons (Fsp3) is 0.333. The van der Waals surface area contributed by atoms with Gasteiger partial charge in [-0.1, -0.05) is 0 Å². The highest BCUT2D eigenvalue weighted by molar-refractivity contribution is 7.80. The van der Waals surface area contributed by atoms with Crippen molar-refractivity contribution in [3.63, 3.8) is 0 Å². The van der Waals surface area contributed by atoms with Crippen LogP contribution in [0.3, 0.4) is 0 Å². The topological polar surface area (TPSA) is 25.8 Å². The molecule has 1 fully saturated rings. The van der Waals surface area contributed by atoms with Gasteiger partial charge in [0.2, 0.25) is 5.95 Å². The quantitative estimate of drug-likeness (QED) is 0.866. The van der Waals surface area contributed by atoms with Gasteiger partial charge in [0.15, 0.2) is 0 Å². The Morgan fingerprint density at radius 2 is 2.11 bits per heavy atom. The summed E-state index contributed by atoms with van der Waals surface area (Å²) in [6, 6.07) is 1.31. The molecule has 0 amide bonds. The Kier molecular flexibility index (Phi) is 3.07. The first kappa shape index (κ1) is 12.0. The molecule has 0 spiro atoms. The number of aromatic nitrogens is 2. The minimum absolute atomic E-state index is 0.0993. The summed E-state index contributed by atoms with van der Waals surface area (Å²) in [5.74, 6) is -0.498. The standard InChI is InChI=1S/C12H10F2N2S2/c13-8-3-7(4-15-5-8)12-16-11(14)10(18-12)9(17)6-1-2-6/h3-6,9,17H,1-2H2. The molecule has 18 heavy (non-hydrogen) atoms. The molecule has 0 radical (unpaired) electrons. The van der Waals surface area contributed by atoms with Crippen molar-refractivity contribution >= 4 is 24.0 Å². The van der Waals surface area contributed by atoms with E-state index in [1.165, 1.54) is 23.6 Å². The van der Waals surface area contributed by atoms with Crippen molar-refractivity contribution in [2.45, 2.75) is 18.1 Å². The van der Waals surface area contributed by atoms with Crippen LogP contribution in [-0.2, 0) is 0 Å². The molecular formula is C12H10F2N2S2. The van der Waals surface area contributed by atoms with Crippen molar-refractivity contribution in [3.05, 3.63) is 35.1 Å². The second-order valence-electron chi connectivity index (χ2n) is 4.35. The normalized spacial score (nSPS) is 16.8. The summed E-state index contributed by atoms with van der Waals surface area (Å²) in [4.78, 5) is 8.13. The number of pyridine rings is 1. The minimum Gasteiger partial charge on any atom is -0.261 e. The molecular weight excluding hydrogens is 274 g/mol. The van der Waals surface area contributed by atoms with Gasteiger partial charge in [0.25, 0.3) is 0 Å². The summed E-state index contributed by atoms with van der Waals surface area (Å²) in [6.45, 7) is 0. The Morgan fingerprint density at radius 3 is 2.78 bits per heavy atom. The lowest BCUT2D eigenvalue weighted by Crippen LogP contribution is -1.92. The van der Waals surface area contributed by atoms with Gasteiger partial charge < -0.3 is 0 Å². The van der Waals surface area contributed by atoms with Gasteiger partial charge in [0, 0.05) is 17.0 Å². The Labute approximate surface area is 113 Å². The van der Waals surface area contributed by atoms with E-state index in [1.807, 2.05) is 0 Å². The van der Waals surface area contributed by atoms with Crippen molar-refractivity contribution in [3.8, 4) is 10.6 Å². The Hall–Kier alpha value is -1.01. The summed E-state index contributed by atoms with van der Waals surface area (Å²) in [7, 11) is 0. The molecule has 0 aromatic carbocycles. The van der Waals surface area contributed by atoms with Crippen LogP contribution in [0.25, 0.3) is 10.6 Å². The number of thiol groups is 1. The number of hydrogen-bond acceptors (Lipinski definition) is 4. The molecule has 0 bridgehead atoms. The number of nitrogens with zero attached hydrogens (tertiary/aromatic N) is 2. The van der Waals surface area contributed by atoms with E-state index in [9.17, 15) is 8.78 Å².